The number of amides is 1. The molecule has 0 spiro atoms. The molecule has 0 aliphatic carbocycles. The molecule has 21 heavy (non-hydrogen) atoms. The highest BCUT2D eigenvalue weighted by Crippen LogP contribution is 2.29. The molecule has 108 valence electrons. The van der Waals surface area contributed by atoms with E-state index in [-0.39, 0.29) is 5.91 Å². The van der Waals surface area contributed by atoms with Crippen molar-refractivity contribution < 1.29 is 9.18 Å². The number of carbonyl (C=O) groups is 1. The first-order valence-corrected chi connectivity index (χ1v) is 7.97. The Bertz CT molecular complexity index is 658. The van der Waals surface area contributed by atoms with Gasteiger partial charge in [-0.3, -0.25) is 4.79 Å². The summed E-state index contributed by atoms with van der Waals surface area (Å²) in [6.07, 6.45) is 3.97. The van der Waals surface area contributed by atoms with Crippen molar-refractivity contribution in [1.29, 1.82) is 0 Å². The van der Waals surface area contributed by atoms with Crippen LogP contribution in [0.15, 0.2) is 41.4 Å². The largest absolute Gasteiger partial charge is 0.333 e. The summed E-state index contributed by atoms with van der Waals surface area (Å²) in [5, 5.41) is 0. The molecule has 0 unspecified atom stereocenters. The third-order valence-electron chi connectivity index (χ3n) is 3.68. The first kappa shape index (κ1) is 14.1. The normalized spacial score (nSPS) is 13.9. The number of rotatable bonds is 2. The maximum Gasteiger partial charge on any atom is 0.272 e. The molecule has 2 heterocycles. The van der Waals surface area contributed by atoms with Gasteiger partial charge in [-0.05, 0) is 42.0 Å². The van der Waals surface area contributed by atoms with Crippen LogP contribution in [0, 0.1) is 5.82 Å². The van der Waals surface area contributed by atoms with Gasteiger partial charge in [0.2, 0.25) is 0 Å². The topological polar surface area (TPSA) is 33.2 Å². The minimum Gasteiger partial charge on any atom is -0.333 e. The van der Waals surface area contributed by atoms with Crippen molar-refractivity contribution in [2.75, 3.05) is 12.8 Å². The molecule has 1 aromatic carbocycles. The van der Waals surface area contributed by atoms with Crippen LogP contribution >= 0.6 is 11.8 Å². The van der Waals surface area contributed by atoms with Crippen LogP contribution in [0.4, 0.5) is 4.39 Å². The average molecular weight is 302 g/mol. The van der Waals surface area contributed by atoms with E-state index in [1.54, 1.807) is 16.7 Å². The van der Waals surface area contributed by atoms with Crippen LogP contribution < -0.4 is 0 Å². The molecular formula is C16H15FN2OS. The molecule has 0 atom stereocenters. The lowest BCUT2D eigenvalue weighted by Crippen LogP contribution is -2.36. The smallest absolute Gasteiger partial charge is 0.272 e. The van der Waals surface area contributed by atoms with E-state index in [4.69, 9.17) is 0 Å². The van der Waals surface area contributed by atoms with E-state index < -0.39 is 5.82 Å². The number of pyridine rings is 1. The van der Waals surface area contributed by atoms with Crippen LogP contribution in [-0.2, 0) is 13.0 Å². The molecule has 1 amide bonds. The molecule has 0 radical (unpaired) electrons. The van der Waals surface area contributed by atoms with Crippen LogP contribution in [0.2, 0.25) is 0 Å². The first-order valence-electron chi connectivity index (χ1n) is 6.74. The van der Waals surface area contributed by atoms with E-state index >= 15 is 0 Å². The van der Waals surface area contributed by atoms with Gasteiger partial charge in [0, 0.05) is 18.0 Å². The van der Waals surface area contributed by atoms with Gasteiger partial charge in [0.1, 0.15) is 11.5 Å². The Hall–Kier alpha value is -1.88. The Morgan fingerprint density at radius 2 is 2.19 bits per heavy atom. The van der Waals surface area contributed by atoms with Crippen LogP contribution in [0.5, 0.6) is 0 Å². The van der Waals surface area contributed by atoms with E-state index in [0.29, 0.717) is 18.8 Å². The number of hydrogen-bond donors (Lipinski definition) is 0. The van der Waals surface area contributed by atoms with Crippen LogP contribution in [0.1, 0.15) is 21.6 Å². The third kappa shape index (κ3) is 2.78. The number of fused-ring (bicyclic) bond motifs is 1. The van der Waals surface area contributed by atoms with Gasteiger partial charge >= 0.3 is 0 Å². The Morgan fingerprint density at radius 3 is 2.90 bits per heavy atom. The lowest BCUT2D eigenvalue weighted by Gasteiger charge is -2.29. The molecule has 3 nitrogen and oxygen atoms in total. The van der Waals surface area contributed by atoms with Gasteiger partial charge in [-0.15, -0.1) is 11.8 Å². The second-order valence-corrected chi connectivity index (χ2v) is 5.78. The fourth-order valence-electron chi connectivity index (χ4n) is 2.58. The quantitative estimate of drug-likeness (QED) is 0.799. The summed E-state index contributed by atoms with van der Waals surface area (Å²) in [6.45, 7) is 1.26. The van der Waals surface area contributed by atoms with Crippen LogP contribution in [0.25, 0.3) is 0 Å². The number of halogens is 1. The fourth-order valence-corrected chi connectivity index (χ4v) is 3.24. The number of aromatic nitrogens is 1. The highest BCUT2D eigenvalue weighted by atomic mass is 32.2. The molecule has 1 aliphatic heterocycles. The van der Waals surface area contributed by atoms with Crippen molar-refractivity contribution in [3.8, 4) is 0 Å². The molecule has 0 N–H and O–H groups in total. The standard InChI is InChI=1S/C16H15FN2OS/c1-21-15-4-2-3-11-7-8-19(10-13(11)15)16(20)14-6-5-12(17)9-18-14/h2-6,9H,7-8,10H2,1H3. The van der Waals surface area contributed by atoms with Gasteiger partial charge in [-0.1, -0.05) is 12.1 Å². The van der Waals surface area contributed by atoms with Gasteiger partial charge in [0.25, 0.3) is 5.91 Å². The summed E-state index contributed by atoms with van der Waals surface area (Å²) in [7, 11) is 0. The SMILES string of the molecule is CSc1cccc2c1CN(C(=O)c1ccc(F)cn1)CC2. The summed E-state index contributed by atoms with van der Waals surface area (Å²) in [6, 6.07) is 8.96. The highest BCUT2D eigenvalue weighted by Gasteiger charge is 2.24. The zero-order valence-electron chi connectivity index (χ0n) is 11.7. The first-order chi connectivity index (χ1) is 10.2. The molecule has 5 heteroatoms. The average Bonchev–Trinajstić information content (AvgIpc) is 2.53. The van der Waals surface area contributed by atoms with E-state index in [1.165, 1.54) is 28.2 Å². The Kier molecular flexibility index (Phi) is 3.92. The molecule has 0 saturated heterocycles. The van der Waals surface area contributed by atoms with Gasteiger partial charge in [0.15, 0.2) is 0 Å². The van der Waals surface area contributed by atoms with Crippen molar-refractivity contribution in [1.82, 2.24) is 9.88 Å². The molecule has 0 bridgehead atoms. The molecule has 0 fully saturated rings. The highest BCUT2D eigenvalue weighted by molar-refractivity contribution is 7.98. The zero-order chi connectivity index (χ0) is 14.8. The second-order valence-electron chi connectivity index (χ2n) is 4.94. The van der Waals surface area contributed by atoms with Crippen molar-refractivity contribution in [3.63, 3.8) is 0 Å². The lowest BCUT2D eigenvalue weighted by atomic mass is 9.99. The molecule has 3 rings (SSSR count). The fraction of sp³-hybridized carbons (Fsp3) is 0.250. The summed E-state index contributed by atoms with van der Waals surface area (Å²) in [4.78, 5) is 19.3. The van der Waals surface area contributed by atoms with Gasteiger partial charge < -0.3 is 4.90 Å². The van der Waals surface area contributed by atoms with E-state index in [0.717, 1.165) is 12.6 Å². The number of carbonyl (C=O) groups excluding carboxylic acids is 1. The lowest BCUT2D eigenvalue weighted by molar-refractivity contribution is 0.0727. The van der Waals surface area contributed by atoms with Gasteiger partial charge in [-0.2, -0.15) is 0 Å². The van der Waals surface area contributed by atoms with E-state index in [9.17, 15) is 9.18 Å². The molecule has 1 aromatic heterocycles. The molecular weight excluding hydrogens is 287 g/mol. The second kappa shape index (κ2) is 5.85. The maximum atomic E-state index is 12.9. The Balaban J connectivity index is 1.85. The van der Waals surface area contributed by atoms with Crippen LogP contribution in [0.3, 0.4) is 0 Å². The van der Waals surface area contributed by atoms with Crippen LogP contribution in [-0.4, -0.2) is 28.6 Å². The minimum atomic E-state index is -0.430. The minimum absolute atomic E-state index is 0.142. The van der Waals surface area contributed by atoms with Gasteiger partial charge in [-0.25, -0.2) is 9.37 Å². The van der Waals surface area contributed by atoms with E-state index in [1.807, 2.05) is 6.26 Å². The zero-order valence-corrected chi connectivity index (χ0v) is 12.5. The molecule has 0 saturated carbocycles. The number of benzene rings is 1. The number of nitrogens with zero attached hydrogens (tertiary/aromatic N) is 2. The van der Waals surface area contributed by atoms with E-state index in [2.05, 4.69) is 23.2 Å². The molecule has 1 aliphatic rings. The Labute approximate surface area is 127 Å². The van der Waals surface area contributed by atoms with Crippen molar-refractivity contribution in [3.05, 3.63) is 59.2 Å². The van der Waals surface area contributed by atoms with Crippen molar-refractivity contribution >= 4 is 17.7 Å². The maximum absolute atomic E-state index is 12.9. The summed E-state index contributed by atoms with van der Waals surface area (Å²) in [5.74, 6) is -0.572. The monoisotopic (exact) mass is 302 g/mol. The summed E-state index contributed by atoms with van der Waals surface area (Å²) < 4.78 is 12.9. The predicted molar refractivity (Wildman–Crippen MR) is 80.9 cm³/mol. The third-order valence-corrected chi connectivity index (χ3v) is 4.51. The number of hydrogen-bond acceptors (Lipinski definition) is 3. The molecule has 2 aromatic rings. The summed E-state index contributed by atoms with van der Waals surface area (Å²) >= 11 is 1.69. The summed E-state index contributed by atoms with van der Waals surface area (Å²) in [5.41, 5.74) is 2.81. The van der Waals surface area contributed by atoms with Crippen molar-refractivity contribution in [2.45, 2.75) is 17.9 Å². The number of thioether (sulfide) groups is 1. The van der Waals surface area contributed by atoms with Crippen molar-refractivity contribution in [2.24, 2.45) is 0 Å². The van der Waals surface area contributed by atoms with Gasteiger partial charge in [0.05, 0.1) is 6.20 Å². The predicted octanol–water partition coefficient (Wildman–Crippen LogP) is 3.14. The Morgan fingerprint density at radius 1 is 1.33 bits per heavy atom.